The van der Waals surface area contributed by atoms with E-state index in [1.54, 1.807) is 0 Å². The highest BCUT2D eigenvalue weighted by molar-refractivity contribution is 5.82. The summed E-state index contributed by atoms with van der Waals surface area (Å²) >= 11 is 0. The lowest BCUT2D eigenvalue weighted by Gasteiger charge is -2.32. The van der Waals surface area contributed by atoms with E-state index in [4.69, 9.17) is 10.5 Å². The molecule has 2 fully saturated rings. The number of fused-ring (bicyclic) bond motifs is 2. The van der Waals surface area contributed by atoms with Gasteiger partial charge in [-0.1, -0.05) is 66.2 Å². The maximum atomic E-state index is 13.1. The van der Waals surface area contributed by atoms with Gasteiger partial charge in [-0.3, -0.25) is 14.4 Å². The minimum absolute atomic E-state index is 0.111. The Bertz CT molecular complexity index is 867. The van der Waals surface area contributed by atoms with Crippen LogP contribution in [0.15, 0.2) is 0 Å². The van der Waals surface area contributed by atoms with Crippen LogP contribution >= 0.6 is 0 Å². The Balaban J connectivity index is 1.86. The van der Waals surface area contributed by atoms with Crippen LogP contribution in [0.25, 0.3) is 0 Å². The number of nitrogens with zero attached hydrogens (tertiary/aromatic N) is 1. The second-order valence-electron chi connectivity index (χ2n) is 14.7. The second-order valence-corrected chi connectivity index (χ2v) is 14.7. The molecule has 8 unspecified atom stereocenters. The van der Waals surface area contributed by atoms with Gasteiger partial charge in [0.15, 0.2) is 0 Å². The smallest absolute Gasteiger partial charge is 0.308 e. The molecule has 2 rings (SSSR count). The van der Waals surface area contributed by atoms with Gasteiger partial charge in [0.2, 0.25) is 11.8 Å². The van der Waals surface area contributed by atoms with Crippen LogP contribution in [-0.2, 0) is 19.1 Å². The average molecular weight is 622 g/mol. The summed E-state index contributed by atoms with van der Waals surface area (Å²) in [6, 6.07) is 0. The van der Waals surface area contributed by atoms with Crippen molar-refractivity contribution in [2.75, 3.05) is 33.8 Å². The number of unbranched alkanes of at least 4 members (excludes halogenated alkanes) is 3. The van der Waals surface area contributed by atoms with Gasteiger partial charge in [-0.15, -0.1) is 0 Å². The summed E-state index contributed by atoms with van der Waals surface area (Å²) in [5, 5.41) is 13.5. The number of likely N-dealkylation sites (N-methyl/N-ethyl adjacent to an activating group) is 1. The first-order valence-electron chi connectivity index (χ1n) is 18.0. The molecule has 2 bridgehead atoms. The van der Waals surface area contributed by atoms with Gasteiger partial charge in [0.25, 0.3) is 0 Å². The SMILES string of the molecule is CCCCCCNC(=O)C(C)(CC)CCCC(CCCC(CCCC1C(C)C2CC(O)C1C2)C(N)=O)C(=O)OCCN(C)C. The summed E-state index contributed by atoms with van der Waals surface area (Å²) in [5.41, 5.74) is 5.38. The number of esters is 1. The molecule has 0 radical (unpaired) electrons. The Morgan fingerprint density at radius 2 is 1.66 bits per heavy atom. The molecular formula is C36H67N3O5. The summed E-state index contributed by atoms with van der Waals surface area (Å²) in [5.74, 6) is 1.52. The summed E-state index contributed by atoms with van der Waals surface area (Å²) < 4.78 is 5.65. The molecule has 0 aliphatic heterocycles. The summed E-state index contributed by atoms with van der Waals surface area (Å²) in [7, 11) is 3.91. The van der Waals surface area contributed by atoms with Crippen molar-refractivity contribution in [1.82, 2.24) is 10.2 Å². The number of rotatable bonds is 24. The normalized spacial score (nSPS) is 25.5. The Kier molecular flexibility index (Phi) is 17.3. The lowest BCUT2D eigenvalue weighted by atomic mass is 9.76. The van der Waals surface area contributed by atoms with Crippen molar-refractivity contribution in [2.45, 2.75) is 137 Å². The number of aliphatic hydroxyl groups excluding tert-OH is 1. The number of nitrogens with one attached hydrogen (secondary N) is 1. The van der Waals surface area contributed by atoms with Crippen molar-refractivity contribution in [3.63, 3.8) is 0 Å². The van der Waals surface area contributed by atoms with Crippen molar-refractivity contribution >= 4 is 17.8 Å². The van der Waals surface area contributed by atoms with Crippen molar-refractivity contribution in [3.05, 3.63) is 0 Å². The summed E-state index contributed by atoms with van der Waals surface area (Å²) in [6.07, 6.45) is 14.2. The van der Waals surface area contributed by atoms with E-state index in [9.17, 15) is 19.5 Å². The molecule has 0 aromatic rings. The zero-order valence-corrected chi connectivity index (χ0v) is 29.1. The number of amides is 2. The van der Waals surface area contributed by atoms with Crippen LogP contribution in [-0.4, -0.2) is 67.7 Å². The second kappa shape index (κ2) is 19.8. The highest BCUT2D eigenvalue weighted by Gasteiger charge is 2.49. The first kappa shape index (κ1) is 38.5. The van der Waals surface area contributed by atoms with E-state index in [2.05, 4.69) is 26.1 Å². The standard InChI is InChI=1S/C36H67N3O5/c1-7-9-10-11-21-38-35(43)36(4,8-2)20-14-18-28(34(42)44-23-22-39(5)6)17-12-15-27(33(37)41)16-13-19-30-26(3)29-24-31(30)32(40)25-29/h26-32,40H,7-25H2,1-6H3,(H2,37,41)(H,38,43). The van der Waals surface area contributed by atoms with Gasteiger partial charge in [-0.05, 0) is 102 Å². The number of aliphatic hydroxyl groups is 1. The molecule has 2 amide bonds. The van der Waals surface area contributed by atoms with Crippen molar-refractivity contribution < 1.29 is 24.2 Å². The fraction of sp³-hybridized carbons (Fsp3) is 0.917. The maximum Gasteiger partial charge on any atom is 0.308 e. The van der Waals surface area contributed by atoms with Crippen LogP contribution in [0.4, 0.5) is 0 Å². The minimum atomic E-state index is -0.451. The van der Waals surface area contributed by atoms with Crippen molar-refractivity contribution in [2.24, 2.45) is 46.7 Å². The van der Waals surface area contributed by atoms with Crippen LogP contribution in [0.3, 0.4) is 0 Å². The van der Waals surface area contributed by atoms with Crippen molar-refractivity contribution in [1.29, 1.82) is 0 Å². The third-order valence-electron chi connectivity index (χ3n) is 11.2. The first-order chi connectivity index (χ1) is 20.9. The number of ether oxygens (including phenoxy) is 1. The molecule has 0 aromatic carbocycles. The Morgan fingerprint density at radius 3 is 2.30 bits per heavy atom. The predicted octanol–water partition coefficient (Wildman–Crippen LogP) is 6.09. The van der Waals surface area contributed by atoms with Crippen LogP contribution in [0.2, 0.25) is 0 Å². The minimum Gasteiger partial charge on any atom is -0.464 e. The maximum absolute atomic E-state index is 13.1. The lowest BCUT2D eigenvalue weighted by molar-refractivity contribution is -0.149. The van der Waals surface area contributed by atoms with Gasteiger partial charge < -0.3 is 25.8 Å². The number of hydrogen-bond donors (Lipinski definition) is 3. The lowest BCUT2D eigenvalue weighted by Crippen LogP contribution is -2.39. The van der Waals surface area contributed by atoms with E-state index >= 15 is 0 Å². The molecule has 8 nitrogen and oxygen atoms in total. The first-order valence-corrected chi connectivity index (χ1v) is 18.0. The summed E-state index contributed by atoms with van der Waals surface area (Å²) in [4.78, 5) is 40.5. The molecule has 8 heteroatoms. The predicted molar refractivity (Wildman–Crippen MR) is 178 cm³/mol. The number of nitrogens with two attached hydrogens (primary N) is 1. The topological polar surface area (TPSA) is 122 Å². The highest BCUT2D eigenvalue weighted by Crippen LogP contribution is 2.53. The molecule has 0 aromatic heterocycles. The van der Waals surface area contributed by atoms with Crippen LogP contribution in [0.1, 0.15) is 130 Å². The highest BCUT2D eigenvalue weighted by atomic mass is 16.5. The van der Waals surface area contributed by atoms with Gasteiger partial charge in [0.1, 0.15) is 6.61 Å². The number of primary amides is 1. The fourth-order valence-corrected chi connectivity index (χ4v) is 7.82. The molecule has 0 saturated heterocycles. The molecule has 4 N–H and O–H groups in total. The molecule has 2 aliphatic carbocycles. The molecule has 2 saturated carbocycles. The van der Waals surface area contributed by atoms with E-state index < -0.39 is 5.41 Å². The average Bonchev–Trinajstić information content (AvgIpc) is 3.51. The van der Waals surface area contributed by atoms with Gasteiger partial charge in [-0.2, -0.15) is 0 Å². The Hall–Kier alpha value is -1.67. The molecule has 0 spiro atoms. The van der Waals surface area contributed by atoms with Crippen LogP contribution in [0, 0.1) is 40.9 Å². The van der Waals surface area contributed by atoms with Crippen molar-refractivity contribution in [3.8, 4) is 0 Å². The molecule has 0 heterocycles. The summed E-state index contributed by atoms with van der Waals surface area (Å²) in [6.45, 7) is 10.4. The van der Waals surface area contributed by atoms with Gasteiger partial charge in [-0.25, -0.2) is 0 Å². The number of carbonyl (C=O) groups excluding carboxylic acids is 3. The molecule has 2 aliphatic rings. The third kappa shape index (κ3) is 12.3. The monoisotopic (exact) mass is 622 g/mol. The molecule has 44 heavy (non-hydrogen) atoms. The Morgan fingerprint density at radius 1 is 0.977 bits per heavy atom. The number of hydrogen-bond acceptors (Lipinski definition) is 6. The quantitative estimate of drug-likeness (QED) is 0.0886. The van der Waals surface area contributed by atoms with E-state index in [-0.39, 0.29) is 35.7 Å². The van der Waals surface area contributed by atoms with Crippen LogP contribution in [0.5, 0.6) is 0 Å². The molecule has 256 valence electrons. The zero-order chi connectivity index (χ0) is 32.7. The van der Waals surface area contributed by atoms with Gasteiger partial charge in [0, 0.05) is 24.4 Å². The van der Waals surface area contributed by atoms with E-state index in [0.29, 0.717) is 56.1 Å². The van der Waals surface area contributed by atoms with E-state index in [1.807, 2.05) is 25.9 Å². The van der Waals surface area contributed by atoms with E-state index in [1.165, 1.54) is 12.8 Å². The fourth-order valence-electron chi connectivity index (χ4n) is 7.82. The third-order valence-corrected chi connectivity index (χ3v) is 11.2. The Labute approximate surface area is 269 Å². The zero-order valence-electron chi connectivity index (χ0n) is 29.1. The van der Waals surface area contributed by atoms with Gasteiger partial charge in [0.05, 0.1) is 12.0 Å². The largest absolute Gasteiger partial charge is 0.464 e. The number of carbonyl (C=O) groups is 3. The van der Waals surface area contributed by atoms with Gasteiger partial charge >= 0.3 is 5.97 Å². The molecular weight excluding hydrogens is 554 g/mol. The van der Waals surface area contributed by atoms with Crippen LogP contribution < -0.4 is 11.1 Å². The molecule has 8 atom stereocenters. The van der Waals surface area contributed by atoms with E-state index in [0.717, 1.165) is 77.2 Å².